The Hall–Kier alpha value is -6.30. The Labute approximate surface area is 772 Å². The predicted octanol–water partition coefficient (Wildman–Crippen LogP) is 15.1. The lowest BCUT2D eigenvalue weighted by atomic mass is 9.79. The Morgan fingerprint density at radius 1 is 0.365 bits per heavy atom. The van der Waals surface area contributed by atoms with Crippen molar-refractivity contribution in [3.8, 4) is 57.5 Å². The van der Waals surface area contributed by atoms with E-state index in [0.29, 0.717) is 11.3 Å². The van der Waals surface area contributed by atoms with Crippen molar-refractivity contribution >= 4 is 0 Å². The summed E-state index contributed by atoms with van der Waals surface area (Å²) in [6.07, 6.45) is -37.5. The Kier molecular flexibility index (Phi) is 14.1. The maximum Gasteiger partial charge on any atom is 0.161 e. The standard InChI is InChI=1S/5C19H29NO3/c5*1-12(2)7-14-11-20-6-5-13-8-18(22-3)19(23-4)9-15(13)16(20)10-17(14)21/h5*8-9,12,14,16-17,21H,5-7,10-11H2,1-4H3/i4D3,5D2,6D2,8D,9D,10D2,14D,17D;1D3,4D3,5D2,6D2,7D2,8D,9D,12D;5D2,6D2,8D,9D,10D2,14D,17D;1D3,5D2,6D2,7D2,8D,9D,12D;4D3,5D2,6D2,8D,9D. The van der Waals surface area contributed by atoms with Crippen LogP contribution in [0.3, 0.4) is 0 Å². The normalized spacial score (nSPS) is 44.6. The summed E-state index contributed by atoms with van der Waals surface area (Å²) in [7, 11) is -1.13. The first-order valence-corrected chi connectivity index (χ1v) is 37.5. The van der Waals surface area contributed by atoms with Crippen LogP contribution in [-0.4, -0.2) is 217 Å². The summed E-state index contributed by atoms with van der Waals surface area (Å²) in [6, 6.07) is -13.5. The number of aliphatic hydroxyl groups excluding tert-OH is 3. The van der Waals surface area contributed by atoms with Crippen LogP contribution < -0.4 is 47.4 Å². The third-order valence-corrected chi connectivity index (χ3v) is 20.4. The van der Waals surface area contributed by atoms with E-state index in [1.807, 2.05) is 13.8 Å². The quantitative estimate of drug-likeness (QED) is 0.0491. The molecule has 5 fully saturated rings. The Bertz CT molecular complexity index is 6860. The molecular formula is C95H145N5O15. The van der Waals surface area contributed by atoms with Crippen molar-refractivity contribution in [3.63, 3.8) is 0 Å². The maximum atomic E-state index is 11.2. The molecule has 5 aromatic carbocycles. The van der Waals surface area contributed by atoms with E-state index in [4.69, 9.17) is 128 Å². The zero-order valence-electron chi connectivity index (χ0n) is 126. The van der Waals surface area contributed by atoms with E-state index in [0.717, 1.165) is 49.9 Å². The SMILES string of the molecule is [2H]c1c(OC([2H])([2H])[2H])c(OC)c([2H])c2c1C1CC(O)C(C([2H])([2H])C([2H])(C)C([2H])([2H])[2H])CN1C([2H])([2H])C2([2H])[2H].[2H]c1c(OC([2H])([2H])[2H])c(OC)c([2H])c2c1C1CC(O)C(CC(C)C)CN1C([2H])([2H])C2([2H])[2H].[2H]c1c(OC([2H])([2H])[2H])c(OC)c([2H])c2c1C1N(CC([2H])(CC(C)C)C([2H])(O)C1([2H])[2H])C([2H])([2H])C2([2H])[2H].[2H]c1c(OC)c(OC)c([2H])c2c1C1CC(O)C(C([2H])([2H])C([2H])(C)C([2H])([2H])[2H])CN1C([2H])([2H])C2([2H])[2H].[2H]c1c(OC)c(OC)c([2H])c2c1C1N(CC([2H])(CC(C)C)C([2H])(O)C1([2H])[2H])C([2H])([2H])C2([2H])[2H]. The molecule has 15 rings (SSSR count). The minimum Gasteiger partial charge on any atom is -0.493 e. The van der Waals surface area contributed by atoms with E-state index in [-0.39, 0.29) is 107 Å². The number of hydrogen-bond donors (Lipinski definition) is 5. The van der Waals surface area contributed by atoms with Crippen molar-refractivity contribution in [1.29, 1.82) is 0 Å². The zero-order chi connectivity index (χ0) is 135. The number of fused-ring (bicyclic) bond motifs is 15. The van der Waals surface area contributed by atoms with Crippen LogP contribution in [0.1, 0.15) is 300 Å². The molecule has 0 spiro atoms. The largest absolute Gasteiger partial charge is 0.493 e. The molecule has 0 saturated carbocycles. The van der Waals surface area contributed by atoms with E-state index in [1.165, 1.54) is 33.3 Å². The van der Waals surface area contributed by atoms with Crippen LogP contribution in [0.15, 0.2) is 60.4 Å². The second-order valence-electron chi connectivity index (χ2n) is 29.9. The summed E-state index contributed by atoms with van der Waals surface area (Å²) in [5.41, 5.74) is -4.31. The van der Waals surface area contributed by atoms with Gasteiger partial charge in [0.1, 0.15) is 0 Å². The van der Waals surface area contributed by atoms with Gasteiger partial charge in [-0.1, -0.05) is 69.1 Å². The van der Waals surface area contributed by atoms with Crippen LogP contribution in [0.5, 0.6) is 57.5 Å². The molecule has 0 radical (unpaired) electrons. The summed E-state index contributed by atoms with van der Waals surface area (Å²) in [6.45, 7) is -10.8. The molecule has 5 aromatic rings. The van der Waals surface area contributed by atoms with Gasteiger partial charge in [-0.15, -0.1) is 0 Å². The van der Waals surface area contributed by atoms with E-state index >= 15 is 0 Å². The van der Waals surface area contributed by atoms with Crippen LogP contribution in [0.25, 0.3) is 0 Å². The molecule has 0 aromatic heterocycles. The van der Waals surface area contributed by atoms with Gasteiger partial charge in [-0.2, -0.15) is 0 Å². The van der Waals surface area contributed by atoms with Crippen molar-refractivity contribution in [1.82, 2.24) is 24.5 Å². The van der Waals surface area contributed by atoms with Gasteiger partial charge >= 0.3 is 0 Å². The lowest BCUT2D eigenvalue weighted by Gasteiger charge is -2.46. The average Bonchev–Trinajstić information content (AvgIpc) is 0.666. The van der Waals surface area contributed by atoms with Gasteiger partial charge < -0.3 is 72.9 Å². The average molecular weight is 1660 g/mol. The number of hydrogen-bond acceptors (Lipinski definition) is 20. The minimum atomic E-state index is -3.19. The van der Waals surface area contributed by atoms with Crippen molar-refractivity contribution in [2.24, 2.45) is 59.1 Å². The molecule has 10 aliphatic rings. The highest BCUT2D eigenvalue weighted by Gasteiger charge is 2.45. The van der Waals surface area contributed by atoms with Crippen LogP contribution in [0.4, 0.5) is 0 Å². The number of piperidine rings is 5. The highest BCUT2D eigenvalue weighted by molar-refractivity contribution is 5.54. The van der Waals surface area contributed by atoms with Crippen molar-refractivity contribution in [3.05, 3.63) is 116 Å². The monoisotopic (exact) mass is 1660 g/mol. The zero-order valence-corrected chi connectivity index (χ0v) is 66.9. The van der Waals surface area contributed by atoms with Gasteiger partial charge in [-0.25, -0.2) is 0 Å². The number of nitrogens with zero attached hydrogens (tertiary/aromatic N) is 5. The molecule has 0 amide bonds. The summed E-state index contributed by atoms with van der Waals surface area (Å²) in [5.74, 6) is -18.4. The molecule has 0 bridgehead atoms. The molecule has 5 saturated heterocycles. The van der Waals surface area contributed by atoms with Crippen molar-refractivity contribution in [2.45, 2.75) is 226 Å². The van der Waals surface area contributed by atoms with Gasteiger partial charge in [0.2, 0.25) is 0 Å². The van der Waals surface area contributed by atoms with Gasteiger partial charge in [0.25, 0.3) is 0 Å². The van der Waals surface area contributed by atoms with Crippen LogP contribution in [0.2, 0.25) is 0 Å². The van der Waals surface area contributed by atoms with E-state index in [9.17, 15) is 25.5 Å². The van der Waals surface area contributed by atoms with Gasteiger partial charge in [0.15, 0.2) is 57.5 Å². The summed E-state index contributed by atoms with van der Waals surface area (Å²) in [4.78, 5) is 4.55. The molecule has 17 unspecified atom stereocenters. The summed E-state index contributed by atoms with van der Waals surface area (Å²) < 4.78 is 543. The predicted molar refractivity (Wildman–Crippen MR) is 456 cm³/mol. The van der Waals surface area contributed by atoms with E-state index in [1.54, 1.807) is 27.7 Å². The van der Waals surface area contributed by atoms with Crippen molar-refractivity contribution < 1.29 is 154 Å². The van der Waals surface area contributed by atoms with Crippen LogP contribution in [0, 0.1) is 59.1 Å². The fraction of sp³-hybridized carbons (Fsp3) is 0.684. The molecule has 640 valence electrons. The molecule has 0 aliphatic carbocycles. The van der Waals surface area contributed by atoms with E-state index < -0.39 is 376 Å². The Morgan fingerprint density at radius 3 is 0.870 bits per heavy atom. The Morgan fingerprint density at radius 2 is 0.609 bits per heavy atom. The molecular weight excluding hydrogens is 1450 g/mol. The summed E-state index contributed by atoms with van der Waals surface area (Å²) >= 11 is 0. The molecule has 20 nitrogen and oxygen atoms in total. The molecule has 115 heavy (non-hydrogen) atoms. The number of rotatable bonds is 20. The second kappa shape index (κ2) is 40.6. The van der Waals surface area contributed by atoms with Crippen LogP contribution >= 0.6 is 0 Å². The van der Waals surface area contributed by atoms with E-state index in [2.05, 4.69) is 0 Å². The Balaban J connectivity index is 0.000000203. The third kappa shape index (κ3) is 21.1. The topological polar surface area (TPSA) is 210 Å². The second-order valence-corrected chi connectivity index (χ2v) is 29.9. The number of aliphatic hydroxyl groups is 5. The third-order valence-electron chi connectivity index (χ3n) is 20.4. The maximum absolute atomic E-state index is 11.2. The van der Waals surface area contributed by atoms with Gasteiger partial charge in [-0.05, 0) is 271 Å². The van der Waals surface area contributed by atoms with Gasteiger partial charge in [0.05, 0.1) is 130 Å². The lowest BCUT2D eigenvalue weighted by Crippen LogP contribution is -2.48. The fourth-order valence-corrected chi connectivity index (χ4v) is 15.1. The van der Waals surface area contributed by atoms with Gasteiger partial charge in [-0.3, -0.25) is 24.5 Å². The highest BCUT2D eigenvalue weighted by atomic mass is 16.5. The molecule has 17 atom stereocenters. The van der Waals surface area contributed by atoms with Crippen molar-refractivity contribution in [2.75, 3.05) is 136 Å². The molecule has 10 aliphatic heterocycles. The number of methoxy groups -OCH3 is 10. The molecule has 5 N–H and O–H groups in total. The first-order valence-electron chi connectivity index (χ1n) is 67.0. The van der Waals surface area contributed by atoms with Crippen LogP contribution in [-0.2, 0) is 31.9 Å². The molecule has 10 heterocycles. The first-order chi connectivity index (χ1) is 78.0. The fourth-order valence-electron chi connectivity index (χ4n) is 15.1. The lowest BCUT2D eigenvalue weighted by molar-refractivity contribution is -0.0192. The first kappa shape index (κ1) is 39.9. The minimum absolute atomic E-state index is 0.0187. The smallest absolute Gasteiger partial charge is 0.161 e. The number of benzene rings is 5. The van der Waals surface area contributed by atoms with Gasteiger partial charge in [0, 0.05) is 148 Å². The number of ether oxygens (including phenoxy) is 10. The highest BCUT2D eigenvalue weighted by Crippen LogP contribution is 2.50. The summed E-state index contributed by atoms with van der Waals surface area (Å²) in [5, 5.41) is 55.1. The molecule has 20 heteroatoms.